The molecule has 3 heterocycles. The van der Waals surface area contributed by atoms with Crippen LogP contribution in [0, 0.1) is 0 Å². The summed E-state index contributed by atoms with van der Waals surface area (Å²) < 4.78 is 5.70. The van der Waals surface area contributed by atoms with E-state index in [0.717, 1.165) is 32.2 Å². The van der Waals surface area contributed by atoms with Crippen LogP contribution in [0.3, 0.4) is 0 Å². The largest absolute Gasteiger partial charge is 0.375 e. The third-order valence-electron chi connectivity index (χ3n) is 4.56. The number of hydrogen-bond acceptors (Lipinski definition) is 3. The van der Waals surface area contributed by atoms with Gasteiger partial charge in [-0.2, -0.15) is 0 Å². The number of carbonyl (C=O) groups is 2. The van der Waals surface area contributed by atoms with E-state index in [1.165, 1.54) is 0 Å². The lowest BCUT2D eigenvalue weighted by molar-refractivity contribution is -0.161. The zero-order valence-electron chi connectivity index (χ0n) is 11.7. The van der Waals surface area contributed by atoms with Crippen LogP contribution >= 0.6 is 0 Å². The summed E-state index contributed by atoms with van der Waals surface area (Å²) in [5.74, 6) is 0.270. The van der Waals surface area contributed by atoms with E-state index in [1.54, 1.807) is 4.90 Å². The smallest absolute Gasteiger partial charge is 0.246 e. The molecule has 2 amide bonds. The van der Waals surface area contributed by atoms with E-state index in [0.29, 0.717) is 6.61 Å². The molecule has 0 aromatic carbocycles. The van der Waals surface area contributed by atoms with Crippen molar-refractivity contribution in [2.45, 2.75) is 57.2 Å². The van der Waals surface area contributed by atoms with E-state index in [2.05, 4.69) is 13.8 Å². The van der Waals surface area contributed by atoms with Gasteiger partial charge in [-0.15, -0.1) is 0 Å². The Morgan fingerprint density at radius 1 is 1.21 bits per heavy atom. The molecule has 2 unspecified atom stereocenters. The number of amides is 2. The van der Waals surface area contributed by atoms with Crippen molar-refractivity contribution in [3.8, 4) is 0 Å². The molecule has 3 aliphatic heterocycles. The molecule has 3 aliphatic rings. The van der Waals surface area contributed by atoms with E-state index < -0.39 is 0 Å². The number of rotatable bonds is 1. The molecule has 106 valence electrons. The highest BCUT2D eigenvalue weighted by molar-refractivity contribution is 5.95. The molecule has 19 heavy (non-hydrogen) atoms. The Hall–Kier alpha value is -1.10. The van der Waals surface area contributed by atoms with Gasteiger partial charge in [-0.05, 0) is 39.5 Å². The van der Waals surface area contributed by atoms with Crippen LogP contribution < -0.4 is 0 Å². The monoisotopic (exact) mass is 266 g/mol. The standard InChI is InChI=1S/C14H22N2O3/c1-14(2)8-10(5-7-19-14)16-9-12(17)15-6-3-4-11(15)13(16)18/h10-11H,3-9H2,1-2H3. The summed E-state index contributed by atoms with van der Waals surface area (Å²) >= 11 is 0. The average Bonchev–Trinajstić information content (AvgIpc) is 2.82. The van der Waals surface area contributed by atoms with Crippen LogP contribution in [-0.2, 0) is 14.3 Å². The Morgan fingerprint density at radius 2 is 2.00 bits per heavy atom. The highest BCUT2D eigenvalue weighted by Crippen LogP contribution is 2.31. The topological polar surface area (TPSA) is 49.9 Å². The Balaban J connectivity index is 1.77. The number of fused-ring (bicyclic) bond motifs is 1. The normalized spacial score (nSPS) is 34.6. The second-order valence-corrected chi connectivity index (χ2v) is 6.47. The highest BCUT2D eigenvalue weighted by atomic mass is 16.5. The molecule has 3 saturated heterocycles. The molecular weight excluding hydrogens is 244 g/mol. The van der Waals surface area contributed by atoms with Gasteiger partial charge >= 0.3 is 0 Å². The van der Waals surface area contributed by atoms with Gasteiger partial charge < -0.3 is 14.5 Å². The summed E-state index contributed by atoms with van der Waals surface area (Å²) in [6, 6.07) is -0.0323. The summed E-state index contributed by atoms with van der Waals surface area (Å²) in [6.07, 6.45) is 3.44. The summed E-state index contributed by atoms with van der Waals surface area (Å²) in [6.45, 7) is 5.79. The van der Waals surface area contributed by atoms with Crippen LogP contribution in [0.25, 0.3) is 0 Å². The van der Waals surface area contributed by atoms with Crippen molar-refractivity contribution in [1.82, 2.24) is 9.80 Å². The van der Waals surface area contributed by atoms with Crippen LogP contribution in [-0.4, -0.2) is 59.0 Å². The fourth-order valence-electron chi connectivity index (χ4n) is 3.60. The van der Waals surface area contributed by atoms with Crippen LogP contribution in [0.5, 0.6) is 0 Å². The molecule has 0 aromatic heterocycles. The first kappa shape index (κ1) is 12.9. The van der Waals surface area contributed by atoms with Crippen molar-refractivity contribution in [2.24, 2.45) is 0 Å². The van der Waals surface area contributed by atoms with Gasteiger partial charge in [0.2, 0.25) is 11.8 Å². The average molecular weight is 266 g/mol. The van der Waals surface area contributed by atoms with Crippen LogP contribution in [0.15, 0.2) is 0 Å². The van der Waals surface area contributed by atoms with E-state index in [9.17, 15) is 9.59 Å². The van der Waals surface area contributed by atoms with Crippen LogP contribution in [0.2, 0.25) is 0 Å². The first-order valence-electron chi connectivity index (χ1n) is 7.22. The summed E-state index contributed by atoms with van der Waals surface area (Å²) in [5, 5.41) is 0. The lowest BCUT2D eigenvalue weighted by atomic mass is 9.91. The van der Waals surface area contributed by atoms with E-state index in [1.807, 2.05) is 4.90 Å². The minimum Gasteiger partial charge on any atom is -0.375 e. The molecule has 0 saturated carbocycles. The summed E-state index contributed by atoms with van der Waals surface area (Å²) in [5.41, 5.74) is -0.195. The number of ether oxygens (including phenoxy) is 1. The van der Waals surface area contributed by atoms with E-state index in [-0.39, 0.29) is 36.0 Å². The van der Waals surface area contributed by atoms with Gasteiger partial charge in [0.15, 0.2) is 0 Å². The predicted molar refractivity (Wildman–Crippen MR) is 69.5 cm³/mol. The molecule has 5 nitrogen and oxygen atoms in total. The third-order valence-corrected chi connectivity index (χ3v) is 4.56. The molecule has 0 radical (unpaired) electrons. The Labute approximate surface area is 113 Å². The Bertz CT molecular complexity index is 407. The minimum absolute atomic E-state index is 0.117. The van der Waals surface area contributed by atoms with Gasteiger partial charge in [-0.25, -0.2) is 0 Å². The van der Waals surface area contributed by atoms with Crippen molar-refractivity contribution < 1.29 is 14.3 Å². The SMILES string of the molecule is CC1(C)CC(N2CC(=O)N3CCCC3C2=O)CCO1. The van der Waals surface area contributed by atoms with Crippen molar-refractivity contribution >= 4 is 11.8 Å². The van der Waals surface area contributed by atoms with Gasteiger partial charge in [-0.3, -0.25) is 9.59 Å². The molecular formula is C14H22N2O3. The van der Waals surface area contributed by atoms with Crippen molar-refractivity contribution in [3.63, 3.8) is 0 Å². The quantitative estimate of drug-likeness (QED) is 0.704. The number of carbonyl (C=O) groups excluding carboxylic acids is 2. The number of hydrogen-bond donors (Lipinski definition) is 0. The maximum Gasteiger partial charge on any atom is 0.246 e. The molecule has 0 spiro atoms. The fourth-order valence-corrected chi connectivity index (χ4v) is 3.60. The number of piperazine rings is 1. The molecule has 3 rings (SSSR count). The van der Waals surface area contributed by atoms with Crippen molar-refractivity contribution in [3.05, 3.63) is 0 Å². The molecule has 0 aromatic rings. The molecule has 3 fully saturated rings. The van der Waals surface area contributed by atoms with Gasteiger partial charge in [0.1, 0.15) is 12.6 Å². The molecule has 2 atom stereocenters. The Kier molecular flexibility index (Phi) is 3.04. The van der Waals surface area contributed by atoms with Gasteiger partial charge in [0.25, 0.3) is 0 Å². The Morgan fingerprint density at radius 3 is 2.74 bits per heavy atom. The minimum atomic E-state index is -0.195. The molecule has 5 heteroatoms. The van der Waals surface area contributed by atoms with Crippen molar-refractivity contribution in [2.75, 3.05) is 19.7 Å². The predicted octanol–water partition coefficient (Wildman–Crippen LogP) is 0.777. The maximum atomic E-state index is 12.6. The number of nitrogens with zero attached hydrogens (tertiary/aromatic N) is 2. The zero-order chi connectivity index (χ0) is 13.6. The van der Waals surface area contributed by atoms with E-state index >= 15 is 0 Å². The van der Waals surface area contributed by atoms with Gasteiger partial charge in [-0.1, -0.05) is 0 Å². The first-order chi connectivity index (χ1) is 8.98. The van der Waals surface area contributed by atoms with Gasteiger partial charge in [0, 0.05) is 19.2 Å². The summed E-state index contributed by atoms with van der Waals surface area (Å²) in [4.78, 5) is 28.3. The molecule has 0 N–H and O–H groups in total. The maximum absolute atomic E-state index is 12.6. The lowest BCUT2D eigenvalue weighted by Gasteiger charge is -2.45. The van der Waals surface area contributed by atoms with Gasteiger partial charge in [0.05, 0.1) is 5.60 Å². The first-order valence-corrected chi connectivity index (χ1v) is 7.22. The highest BCUT2D eigenvalue weighted by Gasteiger charge is 2.45. The van der Waals surface area contributed by atoms with Crippen LogP contribution in [0.4, 0.5) is 0 Å². The zero-order valence-corrected chi connectivity index (χ0v) is 11.7. The van der Waals surface area contributed by atoms with Crippen LogP contribution in [0.1, 0.15) is 39.5 Å². The third kappa shape index (κ3) is 2.24. The fraction of sp³-hybridized carbons (Fsp3) is 0.857. The summed E-state index contributed by atoms with van der Waals surface area (Å²) in [7, 11) is 0. The lowest BCUT2D eigenvalue weighted by Crippen LogP contribution is -2.61. The molecule has 0 bridgehead atoms. The second kappa shape index (κ2) is 4.47. The molecule has 0 aliphatic carbocycles. The van der Waals surface area contributed by atoms with Crippen molar-refractivity contribution in [1.29, 1.82) is 0 Å². The van der Waals surface area contributed by atoms with E-state index in [4.69, 9.17) is 4.74 Å². The second-order valence-electron chi connectivity index (χ2n) is 6.47.